The van der Waals surface area contributed by atoms with Gasteiger partial charge in [0.1, 0.15) is 0 Å². The first-order chi connectivity index (χ1) is 16.2. The van der Waals surface area contributed by atoms with E-state index in [9.17, 15) is 16.8 Å². The highest BCUT2D eigenvalue weighted by atomic mass is 79.9. The van der Waals surface area contributed by atoms with Crippen molar-refractivity contribution in [3.63, 3.8) is 0 Å². The molecular weight excluding hydrogens is 608 g/mol. The molecule has 34 heavy (non-hydrogen) atoms. The number of halogens is 2. The maximum atomic E-state index is 12.3. The molecule has 0 aliphatic carbocycles. The van der Waals surface area contributed by atoms with Gasteiger partial charge in [-0.15, -0.1) is 0 Å². The number of hydrogen-bond acceptors (Lipinski definition) is 6. The fraction of sp³-hybridized carbons (Fsp3) is 0.455. The van der Waals surface area contributed by atoms with Crippen LogP contribution in [-0.4, -0.2) is 79.0 Å². The van der Waals surface area contributed by atoms with E-state index < -0.39 is 20.0 Å². The van der Waals surface area contributed by atoms with Crippen molar-refractivity contribution < 1.29 is 16.8 Å². The molecule has 1 fully saturated rings. The van der Waals surface area contributed by atoms with Gasteiger partial charge in [0, 0.05) is 48.2 Å². The second-order valence-corrected chi connectivity index (χ2v) is 13.5. The standard InChI is InChI=1S/C22H30Br2N4O4S2/c23-19-3-7-21(8-4-19)33(29,30)25-11-1-13-27-15-17-28(18-16-27)14-2-12-26-34(31,32)22-9-5-20(24)6-10-22/h3-10,25-26H,1-2,11-18H2. The van der Waals surface area contributed by atoms with Crippen molar-refractivity contribution in [1.29, 1.82) is 0 Å². The Kier molecular flexibility index (Phi) is 10.5. The number of rotatable bonds is 12. The van der Waals surface area contributed by atoms with Gasteiger partial charge >= 0.3 is 0 Å². The van der Waals surface area contributed by atoms with E-state index in [0.717, 1.165) is 61.1 Å². The molecule has 3 rings (SSSR count). The van der Waals surface area contributed by atoms with Gasteiger partial charge in [0.15, 0.2) is 0 Å². The molecule has 0 bridgehead atoms. The highest BCUT2D eigenvalue weighted by Gasteiger charge is 2.18. The summed E-state index contributed by atoms with van der Waals surface area (Å²) in [6.07, 6.45) is 1.49. The molecule has 12 heteroatoms. The largest absolute Gasteiger partial charge is 0.301 e. The van der Waals surface area contributed by atoms with Crippen molar-refractivity contribution in [3.8, 4) is 0 Å². The zero-order valence-corrected chi connectivity index (χ0v) is 23.6. The van der Waals surface area contributed by atoms with E-state index in [4.69, 9.17) is 0 Å². The Labute approximate surface area is 219 Å². The average molecular weight is 638 g/mol. The van der Waals surface area contributed by atoms with Crippen LogP contribution in [0, 0.1) is 0 Å². The van der Waals surface area contributed by atoms with Gasteiger partial charge in [0.2, 0.25) is 20.0 Å². The Morgan fingerprint density at radius 2 is 0.941 bits per heavy atom. The molecule has 1 heterocycles. The minimum absolute atomic E-state index is 0.267. The number of sulfonamides is 2. The highest BCUT2D eigenvalue weighted by molar-refractivity contribution is 9.10. The first-order valence-electron chi connectivity index (χ1n) is 11.1. The van der Waals surface area contributed by atoms with Crippen molar-refractivity contribution in [1.82, 2.24) is 19.2 Å². The van der Waals surface area contributed by atoms with E-state index in [1.54, 1.807) is 48.5 Å². The second kappa shape index (κ2) is 12.9. The molecule has 0 spiro atoms. The van der Waals surface area contributed by atoms with E-state index in [2.05, 4.69) is 51.1 Å². The van der Waals surface area contributed by atoms with Crippen molar-refractivity contribution >= 4 is 51.9 Å². The minimum Gasteiger partial charge on any atom is -0.301 e. The first kappa shape index (κ1) is 27.7. The molecule has 2 aromatic carbocycles. The molecule has 0 atom stereocenters. The van der Waals surface area contributed by atoms with E-state index >= 15 is 0 Å². The SMILES string of the molecule is O=S(=O)(NCCCN1CCN(CCCNS(=O)(=O)c2ccc(Br)cc2)CC1)c1ccc(Br)cc1. The topological polar surface area (TPSA) is 98.8 Å². The van der Waals surface area contributed by atoms with Gasteiger partial charge in [0.05, 0.1) is 9.79 Å². The molecule has 2 aromatic rings. The summed E-state index contributed by atoms with van der Waals surface area (Å²) >= 11 is 6.61. The average Bonchev–Trinajstić information content (AvgIpc) is 2.81. The van der Waals surface area contributed by atoms with Crippen LogP contribution in [0.5, 0.6) is 0 Å². The predicted molar refractivity (Wildman–Crippen MR) is 141 cm³/mol. The lowest BCUT2D eigenvalue weighted by Gasteiger charge is -2.34. The Bertz CT molecular complexity index is 1030. The van der Waals surface area contributed by atoms with Crippen LogP contribution in [0.15, 0.2) is 67.3 Å². The van der Waals surface area contributed by atoms with E-state index in [1.807, 2.05) is 0 Å². The van der Waals surface area contributed by atoms with Crippen LogP contribution in [0.2, 0.25) is 0 Å². The van der Waals surface area contributed by atoms with Crippen LogP contribution in [0.3, 0.4) is 0 Å². The van der Waals surface area contributed by atoms with Crippen LogP contribution in [-0.2, 0) is 20.0 Å². The monoisotopic (exact) mass is 636 g/mol. The smallest absolute Gasteiger partial charge is 0.240 e. The lowest BCUT2D eigenvalue weighted by Crippen LogP contribution is -2.47. The molecule has 8 nitrogen and oxygen atoms in total. The van der Waals surface area contributed by atoms with Crippen LogP contribution in [0.1, 0.15) is 12.8 Å². The van der Waals surface area contributed by atoms with E-state index in [1.165, 1.54) is 0 Å². The number of benzene rings is 2. The van der Waals surface area contributed by atoms with Gasteiger partial charge in [-0.1, -0.05) is 31.9 Å². The Morgan fingerprint density at radius 3 is 1.26 bits per heavy atom. The normalized spacial score (nSPS) is 16.1. The first-order valence-corrected chi connectivity index (χ1v) is 15.7. The van der Waals surface area contributed by atoms with Crippen molar-refractivity contribution in [2.45, 2.75) is 22.6 Å². The molecule has 0 aromatic heterocycles. The zero-order chi connectivity index (χ0) is 24.6. The quantitative estimate of drug-likeness (QED) is 0.348. The van der Waals surface area contributed by atoms with Crippen LogP contribution in [0.25, 0.3) is 0 Å². The molecular formula is C22H30Br2N4O4S2. The maximum absolute atomic E-state index is 12.3. The summed E-state index contributed by atoms with van der Waals surface area (Å²) in [5.41, 5.74) is 0. The van der Waals surface area contributed by atoms with Crippen molar-refractivity contribution in [2.24, 2.45) is 0 Å². The molecule has 0 radical (unpaired) electrons. The predicted octanol–water partition coefficient (Wildman–Crippen LogP) is 2.87. The molecule has 2 N–H and O–H groups in total. The fourth-order valence-corrected chi connectivity index (χ4v) is 6.33. The molecule has 1 aliphatic rings. The summed E-state index contributed by atoms with van der Waals surface area (Å²) in [4.78, 5) is 5.20. The third-order valence-corrected chi connectivity index (χ3v) is 9.61. The Balaban J connectivity index is 1.28. The molecule has 0 saturated carbocycles. The lowest BCUT2D eigenvalue weighted by molar-refractivity contribution is 0.131. The summed E-state index contributed by atoms with van der Waals surface area (Å²) in [5.74, 6) is 0. The summed E-state index contributed by atoms with van der Waals surface area (Å²) in [5, 5.41) is 0. The fourth-order valence-electron chi connectivity index (χ4n) is 3.65. The number of nitrogens with zero attached hydrogens (tertiary/aromatic N) is 2. The van der Waals surface area contributed by atoms with Crippen molar-refractivity contribution in [3.05, 3.63) is 57.5 Å². The van der Waals surface area contributed by atoms with Gasteiger partial charge in [-0.25, -0.2) is 26.3 Å². The van der Waals surface area contributed by atoms with Crippen LogP contribution < -0.4 is 9.44 Å². The third-order valence-electron chi connectivity index (χ3n) is 5.60. The lowest BCUT2D eigenvalue weighted by atomic mass is 10.2. The summed E-state index contributed by atoms with van der Waals surface area (Å²) in [7, 11) is -6.96. The Hall–Kier alpha value is -0.860. The Morgan fingerprint density at radius 1 is 0.618 bits per heavy atom. The summed E-state index contributed by atoms with van der Waals surface area (Å²) in [6, 6.07) is 13.2. The summed E-state index contributed by atoms with van der Waals surface area (Å²) < 4.78 is 56.3. The number of nitrogens with one attached hydrogen (secondary N) is 2. The highest BCUT2D eigenvalue weighted by Crippen LogP contribution is 2.15. The molecule has 188 valence electrons. The van der Waals surface area contributed by atoms with Gasteiger partial charge in [-0.2, -0.15) is 0 Å². The summed E-state index contributed by atoms with van der Waals surface area (Å²) in [6.45, 7) is 6.16. The third kappa shape index (κ3) is 8.66. The molecule has 1 saturated heterocycles. The minimum atomic E-state index is -3.48. The molecule has 1 aliphatic heterocycles. The maximum Gasteiger partial charge on any atom is 0.240 e. The number of hydrogen-bond donors (Lipinski definition) is 2. The van der Waals surface area contributed by atoms with Gasteiger partial charge in [-0.3, -0.25) is 0 Å². The molecule has 0 amide bonds. The van der Waals surface area contributed by atoms with Gasteiger partial charge < -0.3 is 9.80 Å². The van der Waals surface area contributed by atoms with E-state index in [-0.39, 0.29) is 9.79 Å². The second-order valence-electron chi connectivity index (χ2n) is 8.09. The van der Waals surface area contributed by atoms with Gasteiger partial charge in [0.25, 0.3) is 0 Å². The number of piperazine rings is 1. The van der Waals surface area contributed by atoms with E-state index in [0.29, 0.717) is 13.1 Å². The van der Waals surface area contributed by atoms with Crippen molar-refractivity contribution in [2.75, 3.05) is 52.4 Å². The van der Waals surface area contributed by atoms with Crippen LogP contribution >= 0.6 is 31.9 Å². The molecule has 0 unspecified atom stereocenters. The van der Waals surface area contributed by atoms with Gasteiger partial charge in [-0.05, 0) is 74.5 Å². The zero-order valence-electron chi connectivity index (χ0n) is 18.8. The van der Waals surface area contributed by atoms with Crippen LogP contribution in [0.4, 0.5) is 0 Å².